The van der Waals surface area contributed by atoms with Crippen LogP contribution in [-0.2, 0) is 0 Å². The highest BCUT2D eigenvalue weighted by atomic mass is 79.9. The average molecular weight is 247 g/mol. The highest BCUT2D eigenvalue weighted by Gasteiger charge is 2.21. The van der Waals surface area contributed by atoms with Crippen LogP contribution < -0.4 is 5.32 Å². The van der Waals surface area contributed by atoms with Gasteiger partial charge in [-0.05, 0) is 47.0 Å². The number of rotatable bonds is 2. The second kappa shape index (κ2) is 3.27. The van der Waals surface area contributed by atoms with Crippen LogP contribution in [0.25, 0.3) is 0 Å². The van der Waals surface area contributed by atoms with E-state index in [1.165, 1.54) is 12.8 Å². The van der Waals surface area contributed by atoms with E-state index in [0.29, 0.717) is 6.04 Å². The topological polar surface area (TPSA) is 12.0 Å². The summed E-state index contributed by atoms with van der Waals surface area (Å²) in [5, 5.41) is 4.17. The lowest BCUT2D eigenvalue weighted by Crippen LogP contribution is -2.00. The molecule has 0 amide bonds. The first kappa shape index (κ1) is 8.39. The zero-order valence-corrected chi connectivity index (χ0v) is 8.82. The fraction of sp³-hybridized carbons (Fsp3) is 0.333. The van der Waals surface area contributed by atoms with Crippen LogP contribution in [0.15, 0.2) is 22.7 Å². The van der Waals surface area contributed by atoms with Crippen molar-refractivity contribution in [3.8, 4) is 0 Å². The fourth-order valence-corrected chi connectivity index (χ4v) is 1.85. The minimum Gasteiger partial charge on any atom is -0.381 e. The molecule has 0 aliphatic heterocycles. The SMILES string of the molecule is Clc1ccc(NC2CC2)c(Br)c1. The van der Waals surface area contributed by atoms with Crippen LogP contribution in [0.5, 0.6) is 0 Å². The first-order valence-electron chi connectivity index (χ1n) is 3.97. The molecule has 0 heterocycles. The first-order chi connectivity index (χ1) is 5.75. The van der Waals surface area contributed by atoms with Crippen molar-refractivity contribution in [2.45, 2.75) is 18.9 Å². The van der Waals surface area contributed by atoms with Gasteiger partial charge in [-0.25, -0.2) is 0 Å². The third kappa shape index (κ3) is 1.93. The number of halogens is 2. The zero-order valence-electron chi connectivity index (χ0n) is 6.48. The van der Waals surface area contributed by atoms with Crippen molar-refractivity contribution in [2.24, 2.45) is 0 Å². The van der Waals surface area contributed by atoms with Crippen molar-refractivity contribution in [3.63, 3.8) is 0 Å². The van der Waals surface area contributed by atoms with Crippen molar-refractivity contribution < 1.29 is 0 Å². The Bertz CT molecular complexity index is 297. The predicted molar refractivity (Wildman–Crippen MR) is 55.8 cm³/mol. The van der Waals surface area contributed by atoms with E-state index in [4.69, 9.17) is 11.6 Å². The molecule has 1 aromatic rings. The molecule has 0 saturated heterocycles. The van der Waals surface area contributed by atoms with E-state index in [2.05, 4.69) is 21.2 Å². The molecule has 0 unspecified atom stereocenters. The third-order valence-electron chi connectivity index (χ3n) is 1.87. The standard InChI is InChI=1S/C9H9BrClN/c10-8-5-6(11)1-4-9(8)12-7-2-3-7/h1,4-5,7,12H,2-3H2. The van der Waals surface area contributed by atoms with E-state index in [0.717, 1.165) is 15.2 Å². The lowest BCUT2D eigenvalue weighted by atomic mass is 10.3. The molecule has 0 bridgehead atoms. The normalized spacial score (nSPS) is 16.2. The zero-order chi connectivity index (χ0) is 8.55. The Balaban J connectivity index is 2.18. The summed E-state index contributed by atoms with van der Waals surface area (Å²) in [4.78, 5) is 0. The number of hydrogen-bond acceptors (Lipinski definition) is 1. The highest BCUT2D eigenvalue weighted by molar-refractivity contribution is 9.10. The van der Waals surface area contributed by atoms with Crippen molar-refractivity contribution in [1.82, 2.24) is 0 Å². The summed E-state index contributed by atoms with van der Waals surface area (Å²) < 4.78 is 1.04. The minimum atomic E-state index is 0.683. The van der Waals surface area contributed by atoms with Crippen LogP contribution >= 0.6 is 27.5 Å². The second-order valence-corrected chi connectivity index (χ2v) is 4.33. The molecule has 3 heteroatoms. The molecule has 2 rings (SSSR count). The third-order valence-corrected chi connectivity index (χ3v) is 2.76. The maximum Gasteiger partial charge on any atom is 0.0487 e. The number of anilines is 1. The minimum absolute atomic E-state index is 0.683. The molecular formula is C9H9BrClN. The molecule has 0 atom stereocenters. The molecule has 1 N–H and O–H groups in total. The molecule has 1 fully saturated rings. The van der Waals surface area contributed by atoms with Gasteiger partial charge in [0, 0.05) is 21.2 Å². The Kier molecular flexibility index (Phi) is 2.28. The summed E-state index contributed by atoms with van der Waals surface area (Å²) in [6.07, 6.45) is 2.57. The lowest BCUT2D eigenvalue weighted by molar-refractivity contribution is 1.15. The van der Waals surface area contributed by atoms with Gasteiger partial charge in [0.25, 0.3) is 0 Å². The monoisotopic (exact) mass is 245 g/mol. The van der Waals surface area contributed by atoms with E-state index in [1.807, 2.05) is 18.2 Å². The summed E-state index contributed by atoms with van der Waals surface area (Å²) in [5.74, 6) is 0. The van der Waals surface area contributed by atoms with Crippen LogP contribution in [0.4, 0.5) is 5.69 Å². The molecule has 0 aromatic heterocycles. The predicted octanol–water partition coefficient (Wildman–Crippen LogP) is 3.68. The van der Waals surface area contributed by atoms with Gasteiger partial charge < -0.3 is 5.32 Å². The molecule has 1 saturated carbocycles. The molecule has 1 nitrogen and oxygen atoms in total. The fourth-order valence-electron chi connectivity index (χ4n) is 1.05. The molecule has 1 aliphatic carbocycles. The smallest absolute Gasteiger partial charge is 0.0487 e. The van der Waals surface area contributed by atoms with Crippen molar-refractivity contribution in [3.05, 3.63) is 27.7 Å². The van der Waals surface area contributed by atoms with Crippen molar-refractivity contribution >= 4 is 33.2 Å². The molecule has 0 spiro atoms. The largest absolute Gasteiger partial charge is 0.381 e. The summed E-state index contributed by atoms with van der Waals surface area (Å²) >= 11 is 9.27. The van der Waals surface area contributed by atoms with Gasteiger partial charge in [0.2, 0.25) is 0 Å². The van der Waals surface area contributed by atoms with Gasteiger partial charge in [-0.1, -0.05) is 11.6 Å². The van der Waals surface area contributed by atoms with Crippen LogP contribution in [0.2, 0.25) is 5.02 Å². The first-order valence-corrected chi connectivity index (χ1v) is 5.14. The Labute approximate surface area is 85.2 Å². The van der Waals surface area contributed by atoms with Gasteiger partial charge in [0.1, 0.15) is 0 Å². The van der Waals surface area contributed by atoms with E-state index < -0.39 is 0 Å². The number of benzene rings is 1. The number of hydrogen-bond donors (Lipinski definition) is 1. The summed E-state index contributed by atoms with van der Waals surface area (Å²) in [6.45, 7) is 0. The van der Waals surface area contributed by atoms with Crippen LogP contribution in [0.3, 0.4) is 0 Å². The van der Waals surface area contributed by atoms with Gasteiger partial charge >= 0.3 is 0 Å². The number of nitrogens with one attached hydrogen (secondary N) is 1. The molecule has 1 aliphatic rings. The van der Waals surface area contributed by atoms with Crippen LogP contribution in [0.1, 0.15) is 12.8 Å². The highest BCUT2D eigenvalue weighted by Crippen LogP contribution is 2.31. The van der Waals surface area contributed by atoms with Gasteiger partial charge in [0.05, 0.1) is 0 Å². The summed E-state index contributed by atoms with van der Waals surface area (Å²) in [7, 11) is 0. The Morgan fingerprint density at radius 3 is 2.75 bits per heavy atom. The molecule has 12 heavy (non-hydrogen) atoms. The average Bonchev–Trinajstić information content (AvgIpc) is 2.79. The second-order valence-electron chi connectivity index (χ2n) is 3.04. The summed E-state index contributed by atoms with van der Waals surface area (Å²) in [5.41, 5.74) is 1.14. The van der Waals surface area contributed by atoms with Gasteiger partial charge in [-0.3, -0.25) is 0 Å². The van der Waals surface area contributed by atoms with E-state index in [-0.39, 0.29) is 0 Å². The van der Waals surface area contributed by atoms with Crippen molar-refractivity contribution in [1.29, 1.82) is 0 Å². The molecular weight excluding hydrogens is 237 g/mol. The Hall–Kier alpha value is -0.210. The Morgan fingerprint density at radius 1 is 1.42 bits per heavy atom. The Morgan fingerprint density at radius 2 is 2.17 bits per heavy atom. The van der Waals surface area contributed by atoms with Crippen LogP contribution in [0, 0.1) is 0 Å². The van der Waals surface area contributed by atoms with E-state index in [9.17, 15) is 0 Å². The van der Waals surface area contributed by atoms with E-state index in [1.54, 1.807) is 0 Å². The quantitative estimate of drug-likeness (QED) is 0.839. The van der Waals surface area contributed by atoms with Crippen LogP contribution in [-0.4, -0.2) is 6.04 Å². The maximum atomic E-state index is 5.81. The molecule has 1 aromatic carbocycles. The summed E-state index contributed by atoms with van der Waals surface area (Å²) in [6, 6.07) is 6.50. The maximum absolute atomic E-state index is 5.81. The molecule has 64 valence electrons. The van der Waals surface area contributed by atoms with Crippen molar-refractivity contribution in [2.75, 3.05) is 5.32 Å². The van der Waals surface area contributed by atoms with Gasteiger partial charge in [-0.2, -0.15) is 0 Å². The van der Waals surface area contributed by atoms with E-state index >= 15 is 0 Å². The molecule has 0 radical (unpaired) electrons. The van der Waals surface area contributed by atoms with Gasteiger partial charge in [-0.15, -0.1) is 0 Å². The van der Waals surface area contributed by atoms with Gasteiger partial charge in [0.15, 0.2) is 0 Å². The lowest BCUT2D eigenvalue weighted by Gasteiger charge is -2.06.